The summed E-state index contributed by atoms with van der Waals surface area (Å²) < 4.78 is 5.11. The zero-order valence-electron chi connectivity index (χ0n) is 7.30. The molecule has 0 atom stereocenters. The molecule has 0 spiro atoms. The number of ether oxygens (including phenoxy) is 1. The lowest BCUT2D eigenvalue weighted by molar-refractivity contribution is -0.129. The highest BCUT2D eigenvalue weighted by Crippen LogP contribution is 1.96. The first-order valence-electron chi connectivity index (χ1n) is 4.20. The predicted octanol–water partition coefficient (Wildman–Crippen LogP) is 0.259. The lowest BCUT2D eigenvalue weighted by Crippen LogP contribution is -2.40. The van der Waals surface area contributed by atoms with Gasteiger partial charge in [0.15, 0.2) is 0 Å². The van der Waals surface area contributed by atoms with Gasteiger partial charge in [0, 0.05) is 19.5 Å². The minimum Gasteiger partial charge on any atom is -0.378 e. The standard InChI is InChI=1S/C9H13NO2/c1-2-3-4-9(11)10-5-7-12-8-6-10/h2,5-8H2,1H3. The van der Waals surface area contributed by atoms with Gasteiger partial charge in [-0.1, -0.05) is 12.8 Å². The Balaban J connectivity index is 2.40. The number of hydrogen-bond acceptors (Lipinski definition) is 2. The molecule has 0 radical (unpaired) electrons. The summed E-state index contributed by atoms with van der Waals surface area (Å²) in [6.07, 6.45) is 0.732. The number of carbonyl (C=O) groups is 1. The normalized spacial score (nSPS) is 16.6. The summed E-state index contributed by atoms with van der Waals surface area (Å²) >= 11 is 0. The Morgan fingerprint density at radius 1 is 1.50 bits per heavy atom. The maximum Gasteiger partial charge on any atom is 0.298 e. The maximum absolute atomic E-state index is 11.3. The number of morpholine rings is 1. The molecule has 0 saturated carbocycles. The fraction of sp³-hybridized carbons (Fsp3) is 0.667. The molecular weight excluding hydrogens is 154 g/mol. The molecule has 3 nitrogen and oxygen atoms in total. The fourth-order valence-corrected chi connectivity index (χ4v) is 1.01. The van der Waals surface area contributed by atoms with E-state index in [9.17, 15) is 4.79 Å². The van der Waals surface area contributed by atoms with Gasteiger partial charge in [0.05, 0.1) is 13.2 Å². The van der Waals surface area contributed by atoms with E-state index in [1.807, 2.05) is 6.92 Å². The fourth-order valence-electron chi connectivity index (χ4n) is 1.01. The number of hydrogen-bond donors (Lipinski definition) is 0. The van der Waals surface area contributed by atoms with E-state index in [0.717, 1.165) is 6.42 Å². The van der Waals surface area contributed by atoms with E-state index in [0.29, 0.717) is 26.3 Å². The molecule has 1 aliphatic heterocycles. The monoisotopic (exact) mass is 167 g/mol. The van der Waals surface area contributed by atoms with Crippen LogP contribution in [0, 0.1) is 11.8 Å². The van der Waals surface area contributed by atoms with Crippen molar-refractivity contribution in [2.45, 2.75) is 13.3 Å². The first-order valence-corrected chi connectivity index (χ1v) is 4.20. The molecule has 0 unspecified atom stereocenters. The Morgan fingerprint density at radius 2 is 2.17 bits per heavy atom. The van der Waals surface area contributed by atoms with Crippen molar-refractivity contribution in [2.24, 2.45) is 0 Å². The van der Waals surface area contributed by atoms with Crippen LogP contribution in [0.1, 0.15) is 13.3 Å². The second-order valence-electron chi connectivity index (χ2n) is 2.56. The van der Waals surface area contributed by atoms with Crippen molar-refractivity contribution in [3.05, 3.63) is 0 Å². The summed E-state index contributed by atoms with van der Waals surface area (Å²) in [7, 11) is 0. The number of nitrogens with zero attached hydrogens (tertiary/aromatic N) is 1. The van der Waals surface area contributed by atoms with E-state index in [2.05, 4.69) is 11.8 Å². The number of carbonyl (C=O) groups excluding carboxylic acids is 1. The van der Waals surface area contributed by atoms with Gasteiger partial charge in [-0.05, 0) is 5.92 Å². The Morgan fingerprint density at radius 3 is 2.75 bits per heavy atom. The Labute approximate surface area is 72.7 Å². The molecule has 1 rings (SSSR count). The van der Waals surface area contributed by atoms with Crippen molar-refractivity contribution >= 4 is 5.91 Å². The van der Waals surface area contributed by atoms with Crippen LogP contribution < -0.4 is 0 Å². The van der Waals surface area contributed by atoms with Crippen molar-refractivity contribution in [3.63, 3.8) is 0 Å². The van der Waals surface area contributed by atoms with Crippen LogP contribution in [0.15, 0.2) is 0 Å². The summed E-state index contributed by atoms with van der Waals surface area (Å²) in [6.45, 7) is 4.56. The number of rotatable bonds is 0. The van der Waals surface area contributed by atoms with E-state index in [1.54, 1.807) is 4.90 Å². The SMILES string of the molecule is CCC#CC(=O)N1CCOCC1. The Hall–Kier alpha value is -1.01. The van der Waals surface area contributed by atoms with Crippen LogP contribution in [0.2, 0.25) is 0 Å². The molecule has 0 aromatic rings. The zero-order chi connectivity index (χ0) is 8.81. The molecule has 1 saturated heterocycles. The minimum absolute atomic E-state index is 0.0693. The summed E-state index contributed by atoms with van der Waals surface area (Å²) in [5.74, 6) is 5.28. The first kappa shape index (κ1) is 9.08. The molecule has 0 aliphatic carbocycles. The van der Waals surface area contributed by atoms with Crippen LogP contribution >= 0.6 is 0 Å². The summed E-state index contributed by atoms with van der Waals surface area (Å²) in [5, 5.41) is 0. The molecule has 0 aromatic heterocycles. The smallest absolute Gasteiger partial charge is 0.298 e. The average Bonchev–Trinajstić information content (AvgIpc) is 2.15. The molecule has 1 heterocycles. The highest BCUT2D eigenvalue weighted by molar-refractivity contribution is 5.93. The second-order valence-corrected chi connectivity index (χ2v) is 2.56. The minimum atomic E-state index is -0.0693. The lowest BCUT2D eigenvalue weighted by atomic mass is 10.4. The van der Waals surface area contributed by atoms with Crippen LogP contribution in [-0.2, 0) is 9.53 Å². The highest BCUT2D eigenvalue weighted by atomic mass is 16.5. The van der Waals surface area contributed by atoms with Gasteiger partial charge in [-0.3, -0.25) is 4.79 Å². The van der Waals surface area contributed by atoms with Gasteiger partial charge in [-0.2, -0.15) is 0 Å². The van der Waals surface area contributed by atoms with Crippen LogP contribution in [-0.4, -0.2) is 37.1 Å². The van der Waals surface area contributed by atoms with Gasteiger partial charge < -0.3 is 9.64 Å². The molecule has 0 N–H and O–H groups in total. The summed E-state index contributed by atoms with van der Waals surface area (Å²) in [5.41, 5.74) is 0. The molecular formula is C9H13NO2. The zero-order valence-corrected chi connectivity index (χ0v) is 7.30. The average molecular weight is 167 g/mol. The van der Waals surface area contributed by atoms with Gasteiger partial charge in [0.1, 0.15) is 0 Å². The van der Waals surface area contributed by atoms with Crippen molar-refractivity contribution in [1.82, 2.24) is 4.90 Å². The summed E-state index contributed by atoms with van der Waals surface area (Å²) in [6, 6.07) is 0. The molecule has 3 heteroatoms. The maximum atomic E-state index is 11.3. The first-order chi connectivity index (χ1) is 5.84. The van der Waals surface area contributed by atoms with Crippen LogP contribution in [0.25, 0.3) is 0 Å². The molecule has 12 heavy (non-hydrogen) atoms. The second kappa shape index (κ2) is 4.78. The van der Waals surface area contributed by atoms with E-state index in [-0.39, 0.29) is 5.91 Å². The molecule has 0 aromatic carbocycles. The van der Waals surface area contributed by atoms with Crippen molar-refractivity contribution in [2.75, 3.05) is 26.3 Å². The van der Waals surface area contributed by atoms with Gasteiger partial charge in [-0.15, -0.1) is 0 Å². The van der Waals surface area contributed by atoms with E-state index in [4.69, 9.17) is 4.74 Å². The van der Waals surface area contributed by atoms with Crippen molar-refractivity contribution in [1.29, 1.82) is 0 Å². The van der Waals surface area contributed by atoms with Crippen LogP contribution in [0.4, 0.5) is 0 Å². The van der Waals surface area contributed by atoms with E-state index >= 15 is 0 Å². The van der Waals surface area contributed by atoms with Crippen molar-refractivity contribution in [3.8, 4) is 11.8 Å². The molecule has 1 aliphatic rings. The van der Waals surface area contributed by atoms with Gasteiger partial charge >= 0.3 is 0 Å². The van der Waals surface area contributed by atoms with E-state index in [1.165, 1.54) is 0 Å². The predicted molar refractivity (Wildman–Crippen MR) is 45.5 cm³/mol. The Bertz CT molecular complexity index is 208. The molecule has 1 amide bonds. The highest BCUT2D eigenvalue weighted by Gasteiger charge is 2.13. The third-order valence-corrected chi connectivity index (χ3v) is 1.67. The Kier molecular flexibility index (Phi) is 3.62. The lowest BCUT2D eigenvalue weighted by Gasteiger charge is -2.24. The van der Waals surface area contributed by atoms with E-state index < -0.39 is 0 Å². The molecule has 66 valence electrons. The molecule has 0 bridgehead atoms. The number of amides is 1. The van der Waals surface area contributed by atoms with Crippen LogP contribution in [0.5, 0.6) is 0 Å². The largest absolute Gasteiger partial charge is 0.378 e. The van der Waals surface area contributed by atoms with Gasteiger partial charge in [0.25, 0.3) is 5.91 Å². The van der Waals surface area contributed by atoms with Crippen molar-refractivity contribution < 1.29 is 9.53 Å². The third-order valence-electron chi connectivity index (χ3n) is 1.67. The summed E-state index contributed by atoms with van der Waals surface area (Å²) in [4.78, 5) is 13.0. The molecule has 1 fully saturated rings. The van der Waals surface area contributed by atoms with Gasteiger partial charge in [0.2, 0.25) is 0 Å². The van der Waals surface area contributed by atoms with Crippen LogP contribution in [0.3, 0.4) is 0 Å². The third kappa shape index (κ3) is 2.55. The van der Waals surface area contributed by atoms with Gasteiger partial charge in [-0.25, -0.2) is 0 Å². The quantitative estimate of drug-likeness (QED) is 0.484. The topological polar surface area (TPSA) is 29.5 Å².